The van der Waals surface area contributed by atoms with Gasteiger partial charge in [0.15, 0.2) is 17.2 Å². The van der Waals surface area contributed by atoms with Crippen molar-refractivity contribution in [1.29, 1.82) is 0 Å². The van der Waals surface area contributed by atoms with Gasteiger partial charge in [-0.3, -0.25) is 4.79 Å². The molecule has 0 spiro atoms. The van der Waals surface area contributed by atoms with Crippen LogP contribution in [0.5, 0.6) is 11.5 Å². The Labute approximate surface area is 184 Å². The fourth-order valence-electron chi connectivity index (χ4n) is 2.57. The number of aromatic nitrogens is 3. The molecular formula is C20H26N4O8. The van der Waals surface area contributed by atoms with Crippen LogP contribution >= 0.6 is 0 Å². The van der Waals surface area contributed by atoms with Crippen molar-refractivity contribution in [2.24, 2.45) is 0 Å². The number of rotatable bonds is 11. The van der Waals surface area contributed by atoms with Crippen molar-refractivity contribution >= 4 is 23.6 Å². The number of nitrogens with two attached hydrogens (primary N) is 1. The maximum atomic E-state index is 13.2. The highest BCUT2D eigenvalue weighted by atomic mass is 16.7. The number of nitrogen functional groups attached to an aromatic ring is 1. The average molecular weight is 450 g/mol. The second kappa shape index (κ2) is 11.5. The highest BCUT2D eigenvalue weighted by molar-refractivity contribution is 6.15. The molecule has 0 aliphatic rings. The van der Waals surface area contributed by atoms with Gasteiger partial charge >= 0.3 is 12.1 Å². The first-order valence-electron chi connectivity index (χ1n) is 9.84. The number of carbonyl (C=O) groups is 3. The fourth-order valence-corrected chi connectivity index (χ4v) is 2.57. The Morgan fingerprint density at radius 3 is 2.25 bits per heavy atom. The molecule has 174 valence electrons. The highest BCUT2D eigenvalue weighted by Crippen LogP contribution is 2.33. The molecule has 0 aliphatic heterocycles. The Bertz CT molecular complexity index is 973. The summed E-state index contributed by atoms with van der Waals surface area (Å²) in [6.07, 6.45) is 0.611. The summed E-state index contributed by atoms with van der Waals surface area (Å²) in [5.41, 5.74) is 5.40. The van der Waals surface area contributed by atoms with Crippen LogP contribution in [0.25, 0.3) is 0 Å². The number of nitrogens with zero attached hydrogens (tertiary/aromatic N) is 3. The largest absolute Gasteiger partial charge is 0.510 e. The molecule has 1 heterocycles. The molecule has 1 aromatic carbocycles. The molecule has 0 atom stereocenters. The van der Waals surface area contributed by atoms with Crippen molar-refractivity contribution in [3.05, 3.63) is 29.1 Å². The summed E-state index contributed by atoms with van der Waals surface area (Å²) in [7, 11) is 2.83. The van der Waals surface area contributed by atoms with Crippen LogP contribution in [-0.4, -0.2) is 60.3 Å². The zero-order valence-electron chi connectivity index (χ0n) is 18.4. The average Bonchev–Trinajstić information content (AvgIpc) is 3.22. The van der Waals surface area contributed by atoms with Gasteiger partial charge in [0.1, 0.15) is 0 Å². The standard InChI is InChI=1S/C20H26N4O8/c1-5-7-8-31-20(27)32-11-24-22-16(17(23-24)19(26)30-6-2)18(25)12-9-14(28-3)15(29-4)10-13(12)21/h9-10H,5-8,11,21H2,1-4H3. The van der Waals surface area contributed by atoms with Crippen molar-refractivity contribution in [3.8, 4) is 11.5 Å². The lowest BCUT2D eigenvalue weighted by atomic mass is 10.0. The van der Waals surface area contributed by atoms with Crippen LogP contribution in [0.15, 0.2) is 12.1 Å². The van der Waals surface area contributed by atoms with Gasteiger partial charge in [0.2, 0.25) is 18.2 Å². The number of carbonyl (C=O) groups excluding carboxylic acids is 3. The van der Waals surface area contributed by atoms with Crippen LogP contribution in [0.3, 0.4) is 0 Å². The first-order chi connectivity index (χ1) is 15.4. The molecule has 1 aromatic heterocycles. The molecule has 0 bridgehead atoms. The molecule has 0 amide bonds. The molecule has 0 saturated carbocycles. The van der Waals surface area contributed by atoms with Gasteiger partial charge in [-0.2, -0.15) is 0 Å². The lowest BCUT2D eigenvalue weighted by Crippen LogP contribution is -2.14. The van der Waals surface area contributed by atoms with Gasteiger partial charge in [0.05, 0.1) is 33.0 Å². The van der Waals surface area contributed by atoms with Crippen LogP contribution in [0.4, 0.5) is 10.5 Å². The van der Waals surface area contributed by atoms with Gasteiger partial charge in [-0.25, -0.2) is 9.59 Å². The smallest absolute Gasteiger partial charge is 0.493 e. The zero-order chi connectivity index (χ0) is 23.7. The van der Waals surface area contributed by atoms with Crippen molar-refractivity contribution in [2.75, 3.05) is 33.2 Å². The second-order valence-corrected chi connectivity index (χ2v) is 6.34. The quantitative estimate of drug-likeness (QED) is 0.232. The summed E-state index contributed by atoms with van der Waals surface area (Å²) in [6, 6.07) is 2.78. The molecule has 12 nitrogen and oxygen atoms in total. The fraction of sp³-hybridized carbons (Fsp3) is 0.450. The third-order valence-electron chi connectivity index (χ3n) is 4.16. The Hall–Kier alpha value is -3.83. The van der Waals surface area contributed by atoms with Crippen molar-refractivity contribution < 1.29 is 38.1 Å². The number of hydrogen-bond acceptors (Lipinski definition) is 11. The number of ether oxygens (including phenoxy) is 5. The maximum absolute atomic E-state index is 13.2. The van der Waals surface area contributed by atoms with E-state index in [0.717, 1.165) is 11.2 Å². The van der Waals surface area contributed by atoms with Gasteiger partial charge in [0, 0.05) is 11.8 Å². The van der Waals surface area contributed by atoms with Gasteiger partial charge in [-0.05, 0) is 19.4 Å². The number of hydrogen-bond donors (Lipinski definition) is 1. The monoisotopic (exact) mass is 450 g/mol. The molecule has 12 heteroatoms. The Balaban J connectivity index is 2.34. The van der Waals surface area contributed by atoms with E-state index in [1.54, 1.807) is 6.92 Å². The predicted octanol–water partition coefficient (Wildman–Crippen LogP) is 2.20. The number of methoxy groups -OCH3 is 2. The number of benzene rings is 1. The summed E-state index contributed by atoms with van der Waals surface area (Å²) in [5, 5.41) is 7.92. The van der Waals surface area contributed by atoms with Crippen molar-refractivity contribution in [2.45, 2.75) is 33.4 Å². The topological polar surface area (TPSA) is 154 Å². The van der Waals surface area contributed by atoms with E-state index in [-0.39, 0.29) is 41.6 Å². The number of esters is 1. The van der Waals surface area contributed by atoms with E-state index in [2.05, 4.69) is 10.2 Å². The minimum absolute atomic E-state index is 0.0140. The maximum Gasteiger partial charge on any atom is 0.510 e. The lowest BCUT2D eigenvalue weighted by molar-refractivity contribution is 0.0255. The number of unbranched alkanes of at least 4 members (excludes halogenated alkanes) is 1. The zero-order valence-corrected chi connectivity index (χ0v) is 18.4. The predicted molar refractivity (Wildman–Crippen MR) is 111 cm³/mol. The summed E-state index contributed by atoms with van der Waals surface area (Å²) >= 11 is 0. The van der Waals surface area contributed by atoms with Crippen molar-refractivity contribution in [3.63, 3.8) is 0 Å². The van der Waals surface area contributed by atoms with E-state index in [1.165, 1.54) is 26.4 Å². The molecule has 0 fully saturated rings. The van der Waals surface area contributed by atoms with E-state index in [4.69, 9.17) is 29.4 Å². The number of anilines is 1. The number of ketones is 1. The molecule has 32 heavy (non-hydrogen) atoms. The van der Waals surface area contributed by atoms with E-state index < -0.39 is 24.6 Å². The van der Waals surface area contributed by atoms with Crippen LogP contribution in [-0.2, 0) is 20.9 Å². The first kappa shape index (κ1) is 24.4. The SMILES string of the molecule is CCCCOC(=O)OCn1nc(C(=O)OCC)c(C(=O)c2cc(OC)c(OC)cc2N)n1. The Kier molecular flexibility index (Phi) is 8.81. The van der Waals surface area contributed by atoms with Gasteiger partial charge in [-0.1, -0.05) is 13.3 Å². The lowest BCUT2D eigenvalue weighted by Gasteiger charge is -2.11. The van der Waals surface area contributed by atoms with Crippen LogP contribution in [0, 0.1) is 0 Å². The minimum atomic E-state index is -0.926. The van der Waals surface area contributed by atoms with Crippen LogP contribution < -0.4 is 15.2 Å². The first-order valence-corrected chi connectivity index (χ1v) is 9.84. The van der Waals surface area contributed by atoms with Crippen LogP contribution in [0.2, 0.25) is 0 Å². The summed E-state index contributed by atoms with van der Waals surface area (Å²) < 4.78 is 25.1. The molecule has 0 radical (unpaired) electrons. The van der Waals surface area contributed by atoms with E-state index in [9.17, 15) is 14.4 Å². The van der Waals surface area contributed by atoms with Crippen LogP contribution in [0.1, 0.15) is 53.2 Å². The third-order valence-corrected chi connectivity index (χ3v) is 4.16. The molecular weight excluding hydrogens is 424 g/mol. The second-order valence-electron chi connectivity index (χ2n) is 6.34. The van der Waals surface area contributed by atoms with Gasteiger partial charge < -0.3 is 29.4 Å². The highest BCUT2D eigenvalue weighted by Gasteiger charge is 2.28. The molecule has 0 aliphatic carbocycles. The Morgan fingerprint density at radius 2 is 1.62 bits per heavy atom. The molecule has 2 aromatic rings. The van der Waals surface area contributed by atoms with Gasteiger partial charge in [-0.15, -0.1) is 15.0 Å². The molecule has 2 rings (SSSR count). The van der Waals surface area contributed by atoms with E-state index >= 15 is 0 Å². The van der Waals surface area contributed by atoms with E-state index in [1.807, 2.05) is 6.92 Å². The summed E-state index contributed by atoms with van der Waals surface area (Å²) in [5.74, 6) is -0.992. The molecule has 0 unspecified atom stereocenters. The third kappa shape index (κ3) is 5.86. The molecule has 2 N–H and O–H groups in total. The van der Waals surface area contributed by atoms with E-state index in [0.29, 0.717) is 12.2 Å². The summed E-state index contributed by atoms with van der Waals surface area (Å²) in [4.78, 5) is 38.0. The van der Waals surface area contributed by atoms with Gasteiger partial charge in [0.25, 0.3) is 0 Å². The normalized spacial score (nSPS) is 10.4. The minimum Gasteiger partial charge on any atom is -0.493 e. The Morgan fingerprint density at radius 1 is 0.969 bits per heavy atom. The molecule has 0 saturated heterocycles. The summed E-state index contributed by atoms with van der Waals surface area (Å²) in [6.45, 7) is 3.33. The van der Waals surface area contributed by atoms with Crippen molar-refractivity contribution in [1.82, 2.24) is 15.0 Å².